The van der Waals surface area contributed by atoms with E-state index in [1.807, 2.05) is 43.3 Å². The maximum absolute atomic E-state index is 11.3. The van der Waals surface area contributed by atoms with Crippen LogP contribution in [0.1, 0.15) is 29.2 Å². The summed E-state index contributed by atoms with van der Waals surface area (Å²) < 4.78 is 0. The molecule has 2 N–H and O–H groups in total. The summed E-state index contributed by atoms with van der Waals surface area (Å²) in [5.74, 6) is 0. The lowest BCUT2D eigenvalue weighted by Gasteiger charge is -2.31. The Morgan fingerprint density at radius 3 is 2.35 bits per heavy atom. The average molecular weight is 269 g/mol. The van der Waals surface area contributed by atoms with Crippen LogP contribution in [0.3, 0.4) is 0 Å². The molecule has 0 radical (unpaired) electrons. The van der Waals surface area contributed by atoms with Crippen molar-refractivity contribution < 1.29 is 5.11 Å². The maximum Gasteiger partial charge on any atom is 0.127 e. The van der Waals surface area contributed by atoms with Gasteiger partial charge in [-0.15, -0.1) is 0 Å². The quantitative estimate of drug-likeness (QED) is 0.874. The molecule has 0 saturated carbocycles. The van der Waals surface area contributed by atoms with E-state index >= 15 is 0 Å². The molecule has 0 aliphatic carbocycles. The molecule has 0 aromatic heterocycles. The van der Waals surface area contributed by atoms with Crippen LogP contribution in [-0.4, -0.2) is 18.2 Å². The first-order valence-electron chi connectivity index (χ1n) is 7.14. The van der Waals surface area contributed by atoms with Crippen molar-refractivity contribution in [3.8, 4) is 0 Å². The van der Waals surface area contributed by atoms with E-state index in [2.05, 4.69) is 31.3 Å². The first-order chi connectivity index (χ1) is 9.58. The standard InChI is InChI=1S/C18H23NO/c1-4-19-13-18(20,16-8-6-5-7-9-16)17-11-10-14(2)12-15(17)3/h5-12,19-20H,4,13H2,1-3H3. The molecule has 0 fully saturated rings. The van der Waals surface area contributed by atoms with Crippen molar-refractivity contribution in [1.29, 1.82) is 0 Å². The highest BCUT2D eigenvalue weighted by atomic mass is 16.3. The Bertz CT molecular complexity index is 565. The van der Waals surface area contributed by atoms with Gasteiger partial charge in [-0.3, -0.25) is 0 Å². The highest BCUT2D eigenvalue weighted by Crippen LogP contribution is 2.31. The van der Waals surface area contributed by atoms with E-state index in [0.29, 0.717) is 6.54 Å². The van der Waals surface area contributed by atoms with Gasteiger partial charge >= 0.3 is 0 Å². The third-order valence-electron chi connectivity index (χ3n) is 3.71. The fourth-order valence-electron chi connectivity index (χ4n) is 2.65. The first-order valence-corrected chi connectivity index (χ1v) is 7.14. The van der Waals surface area contributed by atoms with Gasteiger partial charge in [0, 0.05) is 6.54 Å². The molecule has 2 nitrogen and oxygen atoms in total. The van der Waals surface area contributed by atoms with E-state index < -0.39 is 5.60 Å². The molecular formula is C18H23NO. The first kappa shape index (κ1) is 14.8. The molecule has 0 spiro atoms. The van der Waals surface area contributed by atoms with Crippen LogP contribution in [0.25, 0.3) is 0 Å². The lowest BCUT2D eigenvalue weighted by atomic mass is 9.83. The normalized spacial score (nSPS) is 14.0. The number of aliphatic hydroxyl groups is 1. The molecule has 1 unspecified atom stereocenters. The summed E-state index contributed by atoms with van der Waals surface area (Å²) >= 11 is 0. The summed E-state index contributed by atoms with van der Waals surface area (Å²) in [6, 6.07) is 16.1. The molecule has 0 aliphatic heterocycles. The van der Waals surface area contributed by atoms with E-state index in [9.17, 15) is 5.11 Å². The maximum atomic E-state index is 11.3. The zero-order valence-electron chi connectivity index (χ0n) is 12.5. The Morgan fingerprint density at radius 2 is 1.75 bits per heavy atom. The van der Waals surface area contributed by atoms with Crippen LogP contribution < -0.4 is 5.32 Å². The Kier molecular flexibility index (Phi) is 4.58. The molecule has 0 amide bonds. The summed E-state index contributed by atoms with van der Waals surface area (Å²) in [5, 5.41) is 14.6. The molecule has 2 heteroatoms. The molecule has 2 rings (SSSR count). The van der Waals surface area contributed by atoms with E-state index in [1.165, 1.54) is 5.56 Å². The van der Waals surface area contributed by atoms with Gasteiger partial charge in [-0.1, -0.05) is 61.0 Å². The summed E-state index contributed by atoms with van der Waals surface area (Å²) in [4.78, 5) is 0. The Labute approximate surface area is 121 Å². The van der Waals surface area contributed by atoms with Crippen LogP contribution in [0.5, 0.6) is 0 Å². The van der Waals surface area contributed by atoms with Crippen LogP contribution in [0.15, 0.2) is 48.5 Å². The Morgan fingerprint density at radius 1 is 1.05 bits per heavy atom. The zero-order valence-corrected chi connectivity index (χ0v) is 12.5. The van der Waals surface area contributed by atoms with Gasteiger partial charge in [-0.05, 0) is 37.1 Å². The van der Waals surface area contributed by atoms with Gasteiger partial charge in [0.25, 0.3) is 0 Å². The van der Waals surface area contributed by atoms with Crippen molar-refractivity contribution in [2.75, 3.05) is 13.1 Å². The van der Waals surface area contributed by atoms with Crippen LogP contribution in [-0.2, 0) is 5.60 Å². The molecule has 2 aromatic rings. The number of hydrogen-bond donors (Lipinski definition) is 2. The zero-order chi connectivity index (χ0) is 14.6. The Hall–Kier alpha value is -1.64. The van der Waals surface area contributed by atoms with Crippen molar-refractivity contribution in [2.24, 2.45) is 0 Å². The minimum Gasteiger partial charge on any atom is -0.379 e. The van der Waals surface area contributed by atoms with Crippen LogP contribution >= 0.6 is 0 Å². The highest BCUT2D eigenvalue weighted by Gasteiger charge is 2.32. The topological polar surface area (TPSA) is 32.3 Å². The number of nitrogens with one attached hydrogen (secondary N) is 1. The summed E-state index contributed by atoms with van der Waals surface area (Å²) in [5.41, 5.74) is 3.23. The van der Waals surface area contributed by atoms with E-state index in [0.717, 1.165) is 23.2 Å². The predicted molar refractivity (Wildman–Crippen MR) is 83.9 cm³/mol. The van der Waals surface area contributed by atoms with Crippen LogP contribution in [0.2, 0.25) is 0 Å². The fraction of sp³-hybridized carbons (Fsp3) is 0.333. The lowest BCUT2D eigenvalue weighted by molar-refractivity contribution is 0.0800. The summed E-state index contributed by atoms with van der Waals surface area (Å²) in [6.07, 6.45) is 0. The highest BCUT2D eigenvalue weighted by molar-refractivity contribution is 5.42. The molecule has 0 saturated heterocycles. The number of likely N-dealkylation sites (N-methyl/N-ethyl adjacent to an activating group) is 1. The van der Waals surface area contributed by atoms with Crippen molar-refractivity contribution in [3.63, 3.8) is 0 Å². The van der Waals surface area contributed by atoms with Gasteiger partial charge in [-0.25, -0.2) is 0 Å². The molecule has 0 heterocycles. The van der Waals surface area contributed by atoms with Crippen LogP contribution in [0.4, 0.5) is 0 Å². The summed E-state index contributed by atoms with van der Waals surface area (Å²) in [6.45, 7) is 7.52. The van der Waals surface area contributed by atoms with Gasteiger partial charge < -0.3 is 10.4 Å². The van der Waals surface area contributed by atoms with Crippen molar-refractivity contribution in [2.45, 2.75) is 26.4 Å². The SMILES string of the molecule is CCNCC(O)(c1ccccc1)c1ccc(C)cc1C. The van der Waals surface area contributed by atoms with E-state index in [-0.39, 0.29) is 0 Å². The second-order valence-corrected chi connectivity index (χ2v) is 5.33. The Balaban J connectivity index is 2.51. The molecule has 0 aliphatic rings. The largest absolute Gasteiger partial charge is 0.379 e. The minimum absolute atomic E-state index is 0.511. The van der Waals surface area contributed by atoms with Gasteiger partial charge in [-0.2, -0.15) is 0 Å². The molecule has 2 aromatic carbocycles. The third-order valence-corrected chi connectivity index (χ3v) is 3.71. The van der Waals surface area contributed by atoms with Gasteiger partial charge in [0.15, 0.2) is 0 Å². The minimum atomic E-state index is -0.991. The number of hydrogen-bond acceptors (Lipinski definition) is 2. The monoisotopic (exact) mass is 269 g/mol. The molecule has 106 valence electrons. The molecular weight excluding hydrogens is 246 g/mol. The van der Waals surface area contributed by atoms with Gasteiger partial charge in [0.05, 0.1) is 0 Å². The third kappa shape index (κ3) is 2.92. The van der Waals surface area contributed by atoms with Gasteiger partial charge in [0.1, 0.15) is 5.60 Å². The molecule has 0 bridgehead atoms. The molecule has 20 heavy (non-hydrogen) atoms. The molecule has 1 atom stereocenters. The summed E-state index contributed by atoms with van der Waals surface area (Å²) in [7, 11) is 0. The van der Waals surface area contributed by atoms with E-state index in [4.69, 9.17) is 0 Å². The van der Waals surface area contributed by atoms with E-state index in [1.54, 1.807) is 0 Å². The predicted octanol–water partition coefficient (Wildman–Crippen LogP) is 3.15. The number of benzene rings is 2. The number of aryl methyl sites for hydroxylation is 2. The van der Waals surface area contributed by atoms with Crippen molar-refractivity contribution in [3.05, 3.63) is 70.8 Å². The fourth-order valence-corrected chi connectivity index (χ4v) is 2.65. The van der Waals surface area contributed by atoms with Gasteiger partial charge in [0.2, 0.25) is 0 Å². The number of rotatable bonds is 5. The van der Waals surface area contributed by atoms with Crippen molar-refractivity contribution >= 4 is 0 Å². The van der Waals surface area contributed by atoms with Crippen molar-refractivity contribution in [1.82, 2.24) is 5.32 Å². The second-order valence-electron chi connectivity index (χ2n) is 5.33. The average Bonchev–Trinajstić information content (AvgIpc) is 2.45. The smallest absolute Gasteiger partial charge is 0.127 e. The second kappa shape index (κ2) is 6.21. The van der Waals surface area contributed by atoms with Crippen LogP contribution in [0, 0.1) is 13.8 Å². The lowest BCUT2D eigenvalue weighted by Crippen LogP contribution is -2.39.